The Bertz CT molecular complexity index is 1370. The molecular weight excluding hydrogens is 646 g/mol. The van der Waals surface area contributed by atoms with Gasteiger partial charge in [0.15, 0.2) is 0 Å². The first-order valence-electron chi connectivity index (χ1n) is 18.6. The van der Waals surface area contributed by atoms with Crippen LogP contribution < -0.4 is 31.9 Å². The molecule has 1 fully saturated rings. The number of nitrogens with one attached hydrogen (secondary N) is 6. The molecule has 0 unspecified atom stereocenters. The Morgan fingerprint density at radius 1 is 0.765 bits per heavy atom. The van der Waals surface area contributed by atoms with E-state index in [0.29, 0.717) is 51.7 Å². The third kappa shape index (κ3) is 14.4. The summed E-state index contributed by atoms with van der Waals surface area (Å²) in [5.74, 6) is -1.15. The lowest BCUT2D eigenvalue weighted by molar-refractivity contribution is -0.138. The highest BCUT2D eigenvalue weighted by Gasteiger charge is 2.32. The predicted octanol–water partition coefficient (Wildman–Crippen LogP) is 3.38. The zero-order valence-electron chi connectivity index (χ0n) is 30.8. The molecule has 2 aromatic carbocycles. The molecule has 0 radical (unpaired) electrons. The smallest absolute Gasteiger partial charge is 0.314 e. The van der Waals surface area contributed by atoms with E-state index in [0.717, 1.165) is 24.8 Å². The van der Waals surface area contributed by atoms with Crippen LogP contribution in [0.4, 0.5) is 4.79 Å². The monoisotopic (exact) mass is 705 g/mol. The molecule has 0 bridgehead atoms. The van der Waals surface area contributed by atoms with Crippen LogP contribution in [0.2, 0.25) is 0 Å². The second-order valence-corrected chi connectivity index (χ2v) is 13.5. The molecule has 12 heteroatoms. The summed E-state index contributed by atoms with van der Waals surface area (Å²) >= 11 is 0. The number of carbonyl (C=O) groups excluding carboxylic acids is 5. The highest BCUT2D eigenvalue weighted by molar-refractivity contribution is 5.94. The Labute approximate surface area is 303 Å². The highest BCUT2D eigenvalue weighted by atomic mass is 16.2. The van der Waals surface area contributed by atoms with Gasteiger partial charge in [-0.25, -0.2) is 4.79 Å². The largest absolute Gasteiger partial charge is 0.343 e. The van der Waals surface area contributed by atoms with Crippen molar-refractivity contribution in [2.24, 2.45) is 0 Å². The molecule has 2 aromatic rings. The first-order chi connectivity index (χ1) is 24.6. The third-order valence-electron chi connectivity index (χ3n) is 9.33. The fourth-order valence-corrected chi connectivity index (χ4v) is 6.29. The lowest BCUT2D eigenvalue weighted by atomic mass is 10.0. The van der Waals surface area contributed by atoms with Crippen molar-refractivity contribution < 1.29 is 24.0 Å². The average Bonchev–Trinajstić information content (AvgIpc) is 3.14. The molecule has 1 aliphatic heterocycles. The maximum Gasteiger partial charge on any atom is 0.314 e. The van der Waals surface area contributed by atoms with Crippen LogP contribution >= 0.6 is 0 Å². The maximum absolute atomic E-state index is 13.8. The molecule has 1 aliphatic rings. The molecule has 0 saturated carbocycles. The number of nitrogens with zero attached hydrogens (tertiary/aromatic N) is 1. The van der Waals surface area contributed by atoms with Crippen LogP contribution in [0, 0.1) is 0 Å². The molecular formula is C39H59N7O5. The van der Waals surface area contributed by atoms with Gasteiger partial charge in [-0.05, 0) is 42.7 Å². The molecule has 51 heavy (non-hydrogen) atoms. The van der Waals surface area contributed by atoms with Crippen LogP contribution in [0.3, 0.4) is 0 Å². The van der Waals surface area contributed by atoms with Crippen molar-refractivity contribution >= 4 is 29.7 Å². The van der Waals surface area contributed by atoms with Gasteiger partial charge in [0.25, 0.3) is 0 Å². The molecule has 0 spiro atoms. The minimum absolute atomic E-state index is 0.0239. The molecule has 1 heterocycles. The number of rotatable bonds is 20. The Kier molecular flexibility index (Phi) is 18.0. The van der Waals surface area contributed by atoms with Gasteiger partial charge in [0.1, 0.15) is 18.1 Å². The molecule has 3 rings (SSSR count). The normalized spacial score (nSPS) is 15.5. The van der Waals surface area contributed by atoms with Gasteiger partial charge in [-0.1, -0.05) is 107 Å². The molecule has 12 nitrogen and oxygen atoms in total. The van der Waals surface area contributed by atoms with Crippen LogP contribution in [0.15, 0.2) is 60.7 Å². The standard InChI is InChI=1S/C39H59N7O5/c1-5-7-10-20-33(38(50)46-23-21-31(22-24-46)42-39(51)40-4)45-36(48)32(15-6-2)44-37(49)34(25-29-16-11-8-12-17-29)43-35(47)27-41-26-28(3)30-18-13-9-14-19-30/h8-9,11-14,16-19,28,31-34,41H,5-7,10,15,20-27H2,1-4H3,(H,43,47)(H,44,49)(H,45,48)(H2,40,42,51)/t28-,32+,33+,34+/m0/s1. The number of piperidine rings is 1. The number of benzene rings is 2. The molecule has 0 aromatic heterocycles. The second-order valence-electron chi connectivity index (χ2n) is 13.5. The third-order valence-corrected chi connectivity index (χ3v) is 9.33. The molecule has 1 saturated heterocycles. The Morgan fingerprint density at radius 2 is 1.39 bits per heavy atom. The maximum atomic E-state index is 13.8. The summed E-state index contributed by atoms with van der Waals surface area (Å²) in [6, 6.07) is 16.7. The van der Waals surface area contributed by atoms with Crippen LogP contribution in [-0.2, 0) is 25.6 Å². The van der Waals surface area contributed by atoms with E-state index < -0.39 is 29.9 Å². The van der Waals surface area contributed by atoms with Gasteiger partial charge < -0.3 is 36.8 Å². The predicted molar refractivity (Wildman–Crippen MR) is 200 cm³/mol. The van der Waals surface area contributed by atoms with Crippen molar-refractivity contribution in [3.05, 3.63) is 71.8 Å². The van der Waals surface area contributed by atoms with Crippen LogP contribution in [-0.4, -0.2) is 92.0 Å². The summed E-state index contributed by atoms with van der Waals surface area (Å²) in [5, 5.41) is 17.4. The molecule has 280 valence electrons. The second kappa shape index (κ2) is 22.4. The van der Waals surface area contributed by atoms with Crippen molar-refractivity contribution in [2.45, 2.75) is 109 Å². The molecule has 6 N–H and O–H groups in total. The van der Waals surface area contributed by atoms with Gasteiger partial charge in [-0.15, -0.1) is 0 Å². The van der Waals surface area contributed by atoms with E-state index in [1.54, 1.807) is 11.9 Å². The zero-order chi connectivity index (χ0) is 37.0. The summed E-state index contributed by atoms with van der Waals surface area (Å²) < 4.78 is 0. The highest BCUT2D eigenvalue weighted by Crippen LogP contribution is 2.16. The summed E-state index contributed by atoms with van der Waals surface area (Å²) in [6.45, 7) is 7.68. The van der Waals surface area contributed by atoms with Gasteiger partial charge in [-0.3, -0.25) is 19.2 Å². The topological polar surface area (TPSA) is 161 Å². The number of hydrogen-bond donors (Lipinski definition) is 6. The molecule has 6 amide bonds. The quantitative estimate of drug-likeness (QED) is 0.116. The van der Waals surface area contributed by atoms with E-state index in [1.807, 2.05) is 55.5 Å². The van der Waals surface area contributed by atoms with E-state index in [4.69, 9.17) is 0 Å². The first kappa shape index (κ1) is 41.0. The summed E-state index contributed by atoms with van der Waals surface area (Å²) in [4.78, 5) is 67.9. The van der Waals surface area contributed by atoms with Gasteiger partial charge >= 0.3 is 6.03 Å². The van der Waals surface area contributed by atoms with Crippen LogP contribution in [0.5, 0.6) is 0 Å². The van der Waals surface area contributed by atoms with Crippen LogP contribution in [0.25, 0.3) is 0 Å². The summed E-state index contributed by atoms with van der Waals surface area (Å²) in [5.41, 5.74) is 2.04. The number of amides is 6. The summed E-state index contributed by atoms with van der Waals surface area (Å²) in [6.07, 6.45) is 5.65. The van der Waals surface area contributed by atoms with Crippen molar-refractivity contribution in [3.8, 4) is 0 Å². The number of unbranched alkanes of at least 4 members (excludes halogenated alkanes) is 2. The lowest BCUT2D eigenvalue weighted by Gasteiger charge is -2.35. The number of likely N-dealkylation sites (tertiary alicyclic amines) is 1. The Hall–Kier alpha value is -4.45. The number of carbonyl (C=O) groups is 5. The van der Waals surface area contributed by atoms with Gasteiger partial charge in [0.05, 0.1) is 6.54 Å². The fraction of sp³-hybridized carbons (Fsp3) is 0.564. The van der Waals surface area contributed by atoms with E-state index >= 15 is 0 Å². The van der Waals surface area contributed by atoms with Crippen molar-refractivity contribution in [3.63, 3.8) is 0 Å². The lowest BCUT2D eigenvalue weighted by Crippen LogP contribution is -2.58. The van der Waals surface area contributed by atoms with Crippen LogP contribution in [0.1, 0.15) is 89.2 Å². The fourth-order valence-electron chi connectivity index (χ4n) is 6.29. The van der Waals surface area contributed by atoms with Crippen molar-refractivity contribution in [2.75, 3.05) is 33.2 Å². The Balaban J connectivity index is 1.66. The number of hydrogen-bond acceptors (Lipinski definition) is 6. The minimum Gasteiger partial charge on any atom is -0.343 e. The van der Waals surface area contributed by atoms with E-state index in [2.05, 4.69) is 57.9 Å². The SMILES string of the molecule is CCCCC[C@@H](NC(=O)[C@@H](CCC)NC(=O)[C@@H](Cc1ccccc1)NC(=O)CNC[C@H](C)c1ccccc1)C(=O)N1CCC(NC(=O)NC)CC1. The van der Waals surface area contributed by atoms with Gasteiger partial charge in [-0.2, -0.15) is 0 Å². The van der Waals surface area contributed by atoms with Gasteiger partial charge in [0.2, 0.25) is 23.6 Å². The molecule has 4 atom stereocenters. The van der Waals surface area contributed by atoms with Gasteiger partial charge in [0, 0.05) is 39.1 Å². The van der Waals surface area contributed by atoms with Crippen molar-refractivity contribution in [1.82, 2.24) is 36.8 Å². The van der Waals surface area contributed by atoms with E-state index in [1.165, 1.54) is 5.56 Å². The zero-order valence-corrected chi connectivity index (χ0v) is 30.8. The van der Waals surface area contributed by atoms with Crippen molar-refractivity contribution in [1.29, 1.82) is 0 Å². The minimum atomic E-state index is -0.910. The Morgan fingerprint density at radius 3 is 2.02 bits per heavy atom. The van der Waals surface area contributed by atoms with E-state index in [-0.39, 0.29) is 42.8 Å². The molecule has 0 aliphatic carbocycles. The average molecular weight is 706 g/mol. The summed E-state index contributed by atoms with van der Waals surface area (Å²) in [7, 11) is 1.57. The van der Waals surface area contributed by atoms with E-state index in [9.17, 15) is 24.0 Å². The first-order valence-corrected chi connectivity index (χ1v) is 18.6. The number of urea groups is 1.